The van der Waals surface area contributed by atoms with Crippen molar-refractivity contribution in [1.29, 1.82) is 0 Å². The van der Waals surface area contributed by atoms with Gasteiger partial charge < -0.3 is 14.7 Å². The average Bonchev–Trinajstić information content (AvgIpc) is 3.44. The van der Waals surface area contributed by atoms with E-state index in [2.05, 4.69) is 36.3 Å². The minimum absolute atomic E-state index is 0.0778. The van der Waals surface area contributed by atoms with E-state index in [9.17, 15) is 13.2 Å². The van der Waals surface area contributed by atoms with Crippen LogP contribution in [-0.4, -0.2) is 84.3 Å². The molecule has 2 saturated heterocycles. The zero-order chi connectivity index (χ0) is 22.3. The number of piperazine rings is 1. The molecule has 0 radical (unpaired) electrons. The molecule has 1 aromatic rings. The van der Waals surface area contributed by atoms with Crippen LogP contribution in [0.5, 0.6) is 0 Å². The van der Waals surface area contributed by atoms with E-state index in [0.717, 1.165) is 25.1 Å². The van der Waals surface area contributed by atoms with Crippen LogP contribution in [0.2, 0.25) is 0 Å². The molecule has 0 unspecified atom stereocenters. The van der Waals surface area contributed by atoms with E-state index >= 15 is 0 Å². The van der Waals surface area contributed by atoms with Crippen molar-refractivity contribution in [3.63, 3.8) is 0 Å². The number of likely N-dealkylation sites (N-methyl/N-ethyl adjacent to an activating group) is 1. The van der Waals surface area contributed by atoms with Crippen molar-refractivity contribution >= 4 is 16.1 Å². The lowest BCUT2D eigenvalue weighted by molar-refractivity contribution is 0.0895. The second-order valence-electron chi connectivity index (χ2n) is 9.70. The Morgan fingerprint density at radius 3 is 2.61 bits per heavy atom. The summed E-state index contributed by atoms with van der Waals surface area (Å²) in [6, 6.07) is 1.69. The van der Waals surface area contributed by atoms with E-state index in [-0.39, 0.29) is 24.0 Å². The van der Waals surface area contributed by atoms with Crippen LogP contribution in [0.3, 0.4) is 0 Å². The molecule has 3 fully saturated rings. The summed E-state index contributed by atoms with van der Waals surface area (Å²) in [7, 11) is -1.46. The van der Waals surface area contributed by atoms with Gasteiger partial charge in [-0.25, -0.2) is 0 Å². The number of piperidine rings is 1. The summed E-state index contributed by atoms with van der Waals surface area (Å²) in [5.74, 6) is 1.33. The fraction of sp³-hybridized carbons (Fsp3) is 0.810. The summed E-state index contributed by atoms with van der Waals surface area (Å²) in [4.78, 5) is 14.8. The molecule has 4 rings (SSSR count). The minimum atomic E-state index is -3.53. The highest BCUT2D eigenvalue weighted by Gasteiger charge is 2.41. The molecule has 9 nitrogen and oxygen atoms in total. The molecule has 1 N–H and O–H groups in total. The molecule has 174 valence electrons. The summed E-state index contributed by atoms with van der Waals surface area (Å²) in [5.41, 5.74) is 0.307. The van der Waals surface area contributed by atoms with Gasteiger partial charge in [0.15, 0.2) is 5.69 Å². The van der Waals surface area contributed by atoms with Gasteiger partial charge in [0, 0.05) is 56.3 Å². The largest absolute Gasteiger partial charge is 0.360 e. The predicted octanol–water partition coefficient (Wildman–Crippen LogP) is 1.65. The fourth-order valence-electron chi connectivity index (χ4n) is 4.79. The van der Waals surface area contributed by atoms with Gasteiger partial charge in [0.1, 0.15) is 5.76 Å². The Bertz CT molecular complexity index is 897. The Kier molecular flexibility index (Phi) is 6.44. The number of carbonyl (C=O) groups excluding carboxylic acids is 1. The molecule has 1 aromatic heterocycles. The van der Waals surface area contributed by atoms with Crippen LogP contribution < -0.4 is 5.32 Å². The van der Waals surface area contributed by atoms with Gasteiger partial charge in [0.05, 0.1) is 0 Å². The molecule has 3 atom stereocenters. The van der Waals surface area contributed by atoms with Gasteiger partial charge in [-0.3, -0.25) is 4.79 Å². The van der Waals surface area contributed by atoms with Gasteiger partial charge >= 0.3 is 0 Å². The number of hydrogen-bond donors (Lipinski definition) is 1. The van der Waals surface area contributed by atoms with Crippen molar-refractivity contribution in [3.05, 3.63) is 17.5 Å². The molecule has 10 heteroatoms. The monoisotopic (exact) mass is 453 g/mol. The van der Waals surface area contributed by atoms with Crippen molar-refractivity contribution in [2.24, 2.45) is 5.92 Å². The molecule has 1 aliphatic carbocycles. The highest BCUT2D eigenvalue weighted by molar-refractivity contribution is 7.86. The Balaban J connectivity index is 1.35. The molecule has 0 bridgehead atoms. The molecule has 0 spiro atoms. The molecule has 2 aliphatic heterocycles. The third-order valence-corrected chi connectivity index (χ3v) is 9.06. The van der Waals surface area contributed by atoms with Crippen LogP contribution >= 0.6 is 0 Å². The maximum Gasteiger partial charge on any atom is 0.282 e. The van der Waals surface area contributed by atoms with E-state index in [0.29, 0.717) is 50.0 Å². The van der Waals surface area contributed by atoms with Gasteiger partial charge in [0.2, 0.25) is 0 Å². The first kappa shape index (κ1) is 22.7. The third kappa shape index (κ3) is 4.81. The zero-order valence-electron chi connectivity index (χ0n) is 19.0. The molecular formula is C21H35N5O4S. The smallest absolute Gasteiger partial charge is 0.282 e. The summed E-state index contributed by atoms with van der Waals surface area (Å²) >= 11 is 0. The Morgan fingerprint density at radius 2 is 1.97 bits per heavy atom. The Hall–Kier alpha value is -1.49. The maximum absolute atomic E-state index is 13.4. The van der Waals surface area contributed by atoms with Crippen molar-refractivity contribution in [3.8, 4) is 0 Å². The van der Waals surface area contributed by atoms with Crippen molar-refractivity contribution < 1.29 is 17.7 Å². The molecule has 31 heavy (non-hydrogen) atoms. The van der Waals surface area contributed by atoms with E-state index in [1.54, 1.807) is 14.7 Å². The number of rotatable bonds is 6. The van der Waals surface area contributed by atoms with Crippen LogP contribution in [0.15, 0.2) is 10.6 Å². The second kappa shape index (κ2) is 8.80. The fourth-order valence-corrected chi connectivity index (χ4v) is 6.62. The van der Waals surface area contributed by atoms with E-state index < -0.39 is 10.2 Å². The summed E-state index contributed by atoms with van der Waals surface area (Å²) < 4.78 is 35.3. The number of nitrogens with one attached hydrogen (secondary N) is 1. The van der Waals surface area contributed by atoms with Crippen LogP contribution in [0.25, 0.3) is 0 Å². The van der Waals surface area contributed by atoms with Crippen molar-refractivity contribution in [2.75, 3.05) is 33.2 Å². The topological polar surface area (TPSA) is 99.0 Å². The van der Waals surface area contributed by atoms with E-state index in [1.165, 1.54) is 0 Å². The number of amides is 1. The molecular weight excluding hydrogens is 418 g/mol. The molecule has 1 amide bonds. The van der Waals surface area contributed by atoms with Crippen molar-refractivity contribution in [2.45, 2.75) is 70.5 Å². The van der Waals surface area contributed by atoms with Crippen LogP contribution in [0, 0.1) is 5.92 Å². The lowest BCUT2D eigenvalue weighted by Crippen LogP contribution is -2.60. The van der Waals surface area contributed by atoms with Crippen LogP contribution in [-0.2, 0) is 10.2 Å². The number of carbonyl (C=O) groups is 1. The van der Waals surface area contributed by atoms with E-state index in [1.807, 2.05) is 6.92 Å². The second-order valence-corrected chi connectivity index (χ2v) is 11.6. The number of aromatic nitrogens is 1. The van der Waals surface area contributed by atoms with Gasteiger partial charge in [-0.2, -0.15) is 17.0 Å². The van der Waals surface area contributed by atoms with Gasteiger partial charge in [-0.05, 0) is 45.6 Å². The normalized spacial score (nSPS) is 29.4. The molecule has 3 aliphatic rings. The SMILES string of the molecule is CC(C)[C@@H]1CN(S(=O)(=O)N2CC[C@H](NC(=O)c3cc(C4CC4)on3)C[C@@H]2C)CCN1C. The summed E-state index contributed by atoms with van der Waals surface area (Å²) in [6.45, 7) is 8.37. The maximum atomic E-state index is 13.4. The number of nitrogens with zero attached hydrogens (tertiary/aromatic N) is 4. The molecule has 0 aromatic carbocycles. The first-order valence-electron chi connectivity index (χ1n) is 11.4. The third-order valence-electron chi connectivity index (χ3n) is 6.94. The molecule has 1 saturated carbocycles. The Labute approximate surface area is 185 Å². The highest BCUT2D eigenvalue weighted by atomic mass is 32.2. The standard InChI is InChI=1S/C21H35N5O4S/c1-14(2)19-13-25(10-9-24(19)4)31(28,29)26-8-7-17(11-15(26)3)22-21(27)18-12-20(30-23-18)16-5-6-16/h12,14-17,19H,5-11,13H2,1-4H3,(H,22,27)/t15-,17-,19-/m0/s1. The zero-order valence-corrected chi connectivity index (χ0v) is 19.8. The lowest BCUT2D eigenvalue weighted by Gasteiger charge is -2.44. The van der Waals surface area contributed by atoms with Gasteiger partial charge in [-0.15, -0.1) is 0 Å². The minimum Gasteiger partial charge on any atom is -0.360 e. The average molecular weight is 454 g/mol. The van der Waals surface area contributed by atoms with Gasteiger partial charge in [-0.1, -0.05) is 19.0 Å². The summed E-state index contributed by atoms with van der Waals surface area (Å²) in [5, 5.41) is 6.91. The lowest BCUT2D eigenvalue weighted by atomic mass is 10.0. The number of hydrogen-bond acceptors (Lipinski definition) is 6. The quantitative estimate of drug-likeness (QED) is 0.703. The van der Waals surface area contributed by atoms with Gasteiger partial charge in [0.25, 0.3) is 16.1 Å². The first-order valence-corrected chi connectivity index (χ1v) is 12.8. The van der Waals surface area contributed by atoms with Crippen LogP contribution in [0.4, 0.5) is 0 Å². The Morgan fingerprint density at radius 1 is 1.23 bits per heavy atom. The highest BCUT2D eigenvalue weighted by Crippen LogP contribution is 2.40. The van der Waals surface area contributed by atoms with Crippen LogP contribution in [0.1, 0.15) is 68.6 Å². The molecule has 3 heterocycles. The predicted molar refractivity (Wildman–Crippen MR) is 117 cm³/mol. The van der Waals surface area contributed by atoms with Crippen molar-refractivity contribution in [1.82, 2.24) is 24.0 Å². The first-order chi connectivity index (χ1) is 14.7. The van der Waals surface area contributed by atoms with E-state index in [4.69, 9.17) is 4.52 Å². The summed E-state index contributed by atoms with van der Waals surface area (Å²) in [6.07, 6.45) is 3.35.